The number of thiophene rings is 1. The third kappa shape index (κ3) is 3.71. The fraction of sp³-hybridized carbons (Fsp3) is 0.643. The van der Waals surface area contributed by atoms with Crippen LogP contribution in [0, 0.1) is 5.41 Å². The molecule has 1 aromatic rings. The summed E-state index contributed by atoms with van der Waals surface area (Å²) in [6.45, 7) is 4.63. The first kappa shape index (κ1) is 14.8. The number of hydrogen-bond acceptors (Lipinski definition) is 3. The van der Waals surface area contributed by atoms with Crippen LogP contribution < -0.4 is 10.6 Å². The third-order valence-electron chi connectivity index (χ3n) is 3.82. The van der Waals surface area contributed by atoms with E-state index in [9.17, 15) is 4.79 Å². The van der Waals surface area contributed by atoms with Crippen molar-refractivity contribution < 1.29 is 4.79 Å². The van der Waals surface area contributed by atoms with E-state index in [1.165, 1.54) is 11.3 Å². The summed E-state index contributed by atoms with van der Waals surface area (Å²) >= 11 is 7.43. The van der Waals surface area contributed by atoms with Crippen molar-refractivity contribution in [1.82, 2.24) is 10.6 Å². The second-order valence-electron chi connectivity index (χ2n) is 5.17. The van der Waals surface area contributed by atoms with E-state index in [2.05, 4.69) is 17.6 Å². The number of amides is 1. The molecule has 0 bridgehead atoms. The van der Waals surface area contributed by atoms with Gasteiger partial charge in [-0.25, -0.2) is 0 Å². The van der Waals surface area contributed by atoms with Gasteiger partial charge in [-0.2, -0.15) is 0 Å². The van der Waals surface area contributed by atoms with Gasteiger partial charge in [0, 0.05) is 4.88 Å². The Balaban J connectivity index is 1.95. The Morgan fingerprint density at radius 2 is 2.21 bits per heavy atom. The Morgan fingerprint density at radius 3 is 2.79 bits per heavy atom. The summed E-state index contributed by atoms with van der Waals surface area (Å²) < 4.78 is 0.773. The van der Waals surface area contributed by atoms with E-state index in [0.717, 1.165) is 48.0 Å². The molecule has 1 saturated heterocycles. The van der Waals surface area contributed by atoms with E-state index < -0.39 is 0 Å². The second kappa shape index (κ2) is 6.73. The van der Waals surface area contributed by atoms with Crippen LogP contribution in [0.15, 0.2) is 12.1 Å². The smallest absolute Gasteiger partial charge is 0.226 e. The molecule has 0 aromatic carbocycles. The lowest BCUT2D eigenvalue weighted by atomic mass is 9.74. The Morgan fingerprint density at radius 1 is 1.47 bits per heavy atom. The quantitative estimate of drug-likeness (QED) is 0.877. The lowest BCUT2D eigenvalue weighted by Crippen LogP contribution is -2.47. The van der Waals surface area contributed by atoms with Gasteiger partial charge >= 0.3 is 0 Å². The van der Waals surface area contributed by atoms with Gasteiger partial charge in [0.05, 0.1) is 16.3 Å². The standard InChI is InChI=1S/C14H21ClN2OS/c1-2-5-14(6-8-16-9-7-14)13(18)17-10-11-3-4-12(15)19-11/h3-4,16H,2,5-10H2,1H3,(H,17,18). The molecule has 0 unspecified atom stereocenters. The molecule has 3 nitrogen and oxygen atoms in total. The molecule has 19 heavy (non-hydrogen) atoms. The maximum Gasteiger partial charge on any atom is 0.226 e. The highest BCUT2D eigenvalue weighted by molar-refractivity contribution is 7.16. The van der Waals surface area contributed by atoms with Gasteiger partial charge in [-0.15, -0.1) is 11.3 Å². The summed E-state index contributed by atoms with van der Waals surface area (Å²) in [5.74, 6) is 0.209. The topological polar surface area (TPSA) is 41.1 Å². The van der Waals surface area contributed by atoms with Crippen molar-refractivity contribution in [2.75, 3.05) is 13.1 Å². The molecule has 1 amide bonds. The lowest BCUT2D eigenvalue weighted by Gasteiger charge is -2.36. The Labute approximate surface area is 123 Å². The summed E-state index contributed by atoms with van der Waals surface area (Å²) in [7, 11) is 0. The Kier molecular flexibility index (Phi) is 5.25. The maximum atomic E-state index is 12.5. The number of rotatable bonds is 5. The van der Waals surface area contributed by atoms with Gasteiger partial charge < -0.3 is 10.6 Å². The number of halogens is 1. The molecular weight excluding hydrogens is 280 g/mol. The predicted molar refractivity (Wildman–Crippen MR) is 80.6 cm³/mol. The number of hydrogen-bond donors (Lipinski definition) is 2. The van der Waals surface area contributed by atoms with E-state index in [1.54, 1.807) is 0 Å². The van der Waals surface area contributed by atoms with Crippen LogP contribution in [0.1, 0.15) is 37.5 Å². The van der Waals surface area contributed by atoms with Crippen molar-refractivity contribution in [3.05, 3.63) is 21.3 Å². The average Bonchev–Trinajstić information content (AvgIpc) is 2.83. The van der Waals surface area contributed by atoms with Crippen molar-refractivity contribution in [3.63, 3.8) is 0 Å². The van der Waals surface area contributed by atoms with Crippen LogP contribution in [-0.4, -0.2) is 19.0 Å². The fourth-order valence-corrected chi connectivity index (χ4v) is 3.80. The molecule has 0 saturated carbocycles. The highest BCUT2D eigenvalue weighted by Crippen LogP contribution is 2.34. The third-order valence-corrected chi connectivity index (χ3v) is 5.05. The lowest BCUT2D eigenvalue weighted by molar-refractivity contribution is -0.133. The molecule has 0 radical (unpaired) electrons. The first-order chi connectivity index (χ1) is 9.16. The zero-order valence-corrected chi connectivity index (χ0v) is 12.9. The molecule has 2 heterocycles. The first-order valence-electron chi connectivity index (χ1n) is 6.89. The van der Waals surface area contributed by atoms with Gasteiger partial charge in [0.1, 0.15) is 0 Å². The maximum absolute atomic E-state index is 12.5. The van der Waals surface area contributed by atoms with Crippen LogP contribution in [-0.2, 0) is 11.3 Å². The minimum absolute atomic E-state index is 0.166. The monoisotopic (exact) mass is 300 g/mol. The van der Waals surface area contributed by atoms with Crippen LogP contribution in [0.2, 0.25) is 4.34 Å². The van der Waals surface area contributed by atoms with Crippen LogP contribution in [0.25, 0.3) is 0 Å². The molecule has 0 atom stereocenters. The molecule has 0 aliphatic carbocycles. The van der Waals surface area contributed by atoms with Gasteiger partial charge in [0.2, 0.25) is 5.91 Å². The zero-order valence-electron chi connectivity index (χ0n) is 11.3. The number of piperidine rings is 1. The largest absolute Gasteiger partial charge is 0.351 e. The van der Waals surface area contributed by atoms with Gasteiger partial charge in [-0.1, -0.05) is 24.9 Å². The Hall–Kier alpha value is -0.580. The minimum Gasteiger partial charge on any atom is -0.351 e. The molecule has 0 spiro atoms. The van der Waals surface area contributed by atoms with Crippen molar-refractivity contribution in [1.29, 1.82) is 0 Å². The van der Waals surface area contributed by atoms with E-state index in [-0.39, 0.29) is 11.3 Å². The zero-order chi connectivity index (χ0) is 13.7. The van der Waals surface area contributed by atoms with Crippen molar-refractivity contribution >= 4 is 28.8 Å². The normalized spacial score (nSPS) is 18.2. The van der Waals surface area contributed by atoms with Gasteiger partial charge in [-0.05, 0) is 44.5 Å². The van der Waals surface area contributed by atoms with Crippen LogP contribution in [0.4, 0.5) is 0 Å². The van der Waals surface area contributed by atoms with Crippen molar-refractivity contribution in [2.45, 2.75) is 39.2 Å². The van der Waals surface area contributed by atoms with Crippen molar-refractivity contribution in [2.24, 2.45) is 5.41 Å². The van der Waals surface area contributed by atoms with E-state index >= 15 is 0 Å². The number of carbonyl (C=O) groups is 1. The average molecular weight is 301 g/mol. The summed E-state index contributed by atoms with van der Waals surface area (Å²) in [6, 6.07) is 3.85. The van der Waals surface area contributed by atoms with Crippen LogP contribution >= 0.6 is 22.9 Å². The summed E-state index contributed by atoms with van der Waals surface area (Å²) in [5, 5.41) is 6.43. The van der Waals surface area contributed by atoms with E-state index in [4.69, 9.17) is 11.6 Å². The van der Waals surface area contributed by atoms with Gasteiger partial charge in [0.15, 0.2) is 0 Å². The molecule has 1 aliphatic rings. The summed E-state index contributed by atoms with van der Waals surface area (Å²) in [4.78, 5) is 13.6. The molecule has 2 rings (SSSR count). The highest BCUT2D eigenvalue weighted by atomic mass is 35.5. The van der Waals surface area contributed by atoms with Crippen molar-refractivity contribution in [3.8, 4) is 0 Å². The fourth-order valence-electron chi connectivity index (χ4n) is 2.78. The molecular formula is C14H21ClN2OS. The number of nitrogens with one attached hydrogen (secondary N) is 2. The molecule has 2 N–H and O–H groups in total. The first-order valence-corrected chi connectivity index (χ1v) is 8.09. The van der Waals surface area contributed by atoms with Crippen LogP contribution in [0.5, 0.6) is 0 Å². The van der Waals surface area contributed by atoms with E-state index in [1.807, 2.05) is 12.1 Å². The minimum atomic E-state index is -0.166. The SMILES string of the molecule is CCCC1(C(=O)NCc2ccc(Cl)s2)CCNCC1. The van der Waals surface area contributed by atoms with Gasteiger partial charge in [-0.3, -0.25) is 4.79 Å². The Bertz CT molecular complexity index is 421. The molecule has 5 heteroatoms. The van der Waals surface area contributed by atoms with E-state index in [0.29, 0.717) is 6.54 Å². The molecule has 1 aliphatic heterocycles. The van der Waals surface area contributed by atoms with Crippen LogP contribution in [0.3, 0.4) is 0 Å². The summed E-state index contributed by atoms with van der Waals surface area (Å²) in [5.41, 5.74) is -0.166. The molecule has 106 valence electrons. The number of carbonyl (C=O) groups excluding carboxylic acids is 1. The molecule has 1 fully saturated rings. The summed E-state index contributed by atoms with van der Waals surface area (Å²) in [6.07, 6.45) is 3.92. The predicted octanol–water partition coefficient (Wildman–Crippen LogP) is 3.19. The second-order valence-corrected chi connectivity index (χ2v) is 6.97. The molecule has 1 aromatic heterocycles. The van der Waals surface area contributed by atoms with Gasteiger partial charge in [0.25, 0.3) is 0 Å². The highest BCUT2D eigenvalue weighted by Gasteiger charge is 2.38.